The number of hydrogen-bond acceptors (Lipinski definition) is 4. The maximum Gasteiger partial charge on any atom is 0.431 e. The van der Waals surface area contributed by atoms with E-state index < -0.39 is 18.7 Å². The Hall–Kier alpha value is -1.30. The second kappa shape index (κ2) is 7.35. The van der Waals surface area contributed by atoms with Crippen LogP contribution in [-0.2, 0) is 14.4 Å². The molecule has 0 bridgehead atoms. The van der Waals surface area contributed by atoms with Crippen LogP contribution < -0.4 is 5.48 Å². The highest BCUT2D eigenvalue weighted by Crippen LogP contribution is 1.87. The number of hydroxylamine groups is 1. The summed E-state index contributed by atoms with van der Waals surface area (Å²) in [4.78, 5) is 24.8. The standard InChI is InChI=1S/C7H13NO5/c1-2-3-4-12-7(11)8-13-5-6(9)10/h2-5H2,1H3,(H,8,11)(H,9,10). The minimum absolute atomic E-state index is 0.304. The summed E-state index contributed by atoms with van der Waals surface area (Å²) >= 11 is 0. The van der Waals surface area contributed by atoms with Crippen molar-refractivity contribution in [2.45, 2.75) is 19.8 Å². The molecule has 6 nitrogen and oxygen atoms in total. The normalized spacial score (nSPS) is 9.31. The molecule has 0 aromatic rings. The van der Waals surface area contributed by atoms with E-state index in [0.717, 1.165) is 12.8 Å². The fraction of sp³-hybridized carbons (Fsp3) is 0.714. The maximum absolute atomic E-state index is 10.6. The number of rotatable bonds is 6. The smallest absolute Gasteiger partial charge is 0.431 e. The molecule has 1 amide bonds. The van der Waals surface area contributed by atoms with Gasteiger partial charge in [0.25, 0.3) is 0 Å². The zero-order valence-electron chi connectivity index (χ0n) is 7.41. The Morgan fingerprint density at radius 3 is 2.69 bits per heavy atom. The Kier molecular flexibility index (Phi) is 6.62. The Balaban J connectivity index is 3.25. The molecule has 0 aromatic carbocycles. The number of carbonyl (C=O) groups is 2. The topological polar surface area (TPSA) is 84.9 Å². The van der Waals surface area contributed by atoms with Gasteiger partial charge in [-0.25, -0.2) is 9.59 Å². The lowest BCUT2D eigenvalue weighted by Gasteiger charge is -2.04. The molecule has 0 spiro atoms. The molecule has 0 aliphatic heterocycles. The first-order valence-corrected chi connectivity index (χ1v) is 3.93. The molecule has 0 saturated heterocycles. The van der Waals surface area contributed by atoms with Gasteiger partial charge in [0, 0.05) is 0 Å². The summed E-state index contributed by atoms with van der Waals surface area (Å²) in [6.07, 6.45) is 0.921. The van der Waals surface area contributed by atoms with Gasteiger partial charge in [0.2, 0.25) is 0 Å². The van der Waals surface area contributed by atoms with Gasteiger partial charge in [-0.05, 0) is 6.42 Å². The highest BCUT2D eigenvalue weighted by molar-refractivity contribution is 5.69. The molecule has 13 heavy (non-hydrogen) atoms. The lowest BCUT2D eigenvalue weighted by atomic mass is 10.4. The first kappa shape index (κ1) is 11.7. The van der Waals surface area contributed by atoms with Crippen molar-refractivity contribution in [2.24, 2.45) is 0 Å². The van der Waals surface area contributed by atoms with Gasteiger partial charge >= 0.3 is 12.1 Å². The second-order valence-electron chi connectivity index (χ2n) is 2.27. The van der Waals surface area contributed by atoms with Crippen LogP contribution in [0, 0.1) is 0 Å². The average Bonchev–Trinajstić information content (AvgIpc) is 2.04. The fourth-order valence-electron chi connectivity index (χ4n) is 0.495. The molecule has 0 saturated carbocycles. The molecule has 0 radical (unpaired) electrons. The van der Waals surface area contributed by atoms with Gasteiger partial charge in [0.1, 0.15) is 0 Å². The van der Waals surface area contributed by atoms with E-state index in [1.807, 2.05) is 12.4 Å². The van der Waals surface area contributed by atoms with Crippen LogP contribution in [-0.4, -0.2) is 30.4 Å². The molecule has 0 heterocycles. The van der Waals surface area contributed by atoms with E-state index in [4.69, 9.17) is 5.11 Å². The predicted octanol–water partition coefficient (Wildman–Crippen LogP) is 0.529. The quantitative estimate of drug-likeness (QED) is 0.472. The lowest BCUT2D eigenvalue weighted by molar-refractivity contribution is -0.144. The SMILES string of the molecule is CCCCOC(=O)NOCC(=O)O. The zero-order chi connectivity index (χ0) is 10.1. The molecular formula is C7H13NO5. The predicted molar refractivity (Wildman–Crippen MR) is 43.0 cm³/mol. The van der Waals surface area contributed by atoms with Crippen molar-refractivity contribution < 1.29 is 24.3 Å². The van der Waals surface area contributed by atoms with Gasteiger partial charge in [0.05, 0.1) is 6.61 Å². The van der Waals surface area contributed by atoms with Crippen molar-refractivity contribution in [2.75, 3.05) is 13.2 Å². The number of aliphatic carboxylic acids is 1. The van der Waals surface area contributed by atoms with E-state index in [0.29, 0.717) is 6.61 Å². The van der Waals surface area contributed by atoms with Gasteiger partial charge in [0.15, 0.2) is 6.61 Å². The summed E-state index contributed by atoms with van der Waals surface area (Å²) in [5.41, 5.74) is 1.83. The summed E-state index contributed by atoms with van der Waals surface area (Å²) in [7, 11) is 0. The average molecular weight is 191 g/mol. The minimum atomic E-state index is -1.16. The van der Waals surface area contributed by atoms with Gasteiger partial charge in [-0.1, -0.05) is 13.3 Å². The highest BCUT2D eigenvalue weighted by Gasteiger charge is 2.02. The molecule has 0 fully saturated rings. The fourth-order valence-corrected chi connectivity index (χ4v) is 0.495. The molecule has 76 valence electrons. The summed E-state index contributed by atoms with van der Waals surface area (Å²) in [5.74, 6) is -1.16. The summed E-state index contributed by atoms with van der Waals surface area (Å²) < 4.78 is 4.60. The molecule has 6 heteroatoms. The van der Waals surface area contributed by atoms with Crippen molar-refractivity contribution in [3.63, 3.8) is 0 Å². The molecule has 0 atom stereocenters. The first-order chi connectivity index (χ1) is 6.16. The Bertz CT molecular complexity index is 170. The Morgan fingerprint density at radius 2 is 2.15 bits per heavy atom. The molecule has 2 N–H and O–H groups in total. The van der Waals surface area contributed by atoms with E-state index in [9.17, 15) is 9.59 Å². The molecule has 0 rings (SSSR count). The molecule has 0 aromatic heterocycles. The van der Waals surface area contributed by atoms with Gasteiger partial charge < -0.3 is 9.84 Å². The summed E-state index contributed by atoms with van der Waals surface area (Å²) in [5, 5.41) is 8.12. The van der Waals surface area contributed by atoms with Crippen LogP contribution in [0.5, 0.6) is 0 Å². The van der Waals surface area contributed by atoms with E-state index in [1.54, 1.807) is 0 Å². The van der Waals surface area contributed by atoms with Crippen LogP contribution in [0.15, 0.2) is 0 Å². The zero-order valence-corrected chi connectivity index (χ0v) is 7.41. The monoisotopic (exact) mass is 191 g/mol. The third-order valence-corrected chi connectivity index (χ3v) is 1.08. The van der Waals surface area contributed by atoms with Crippen LogP contribution in [0.3, 0.4) is 0 Å². The first-order valence-electron chi connectivity index (χ1n) is 3.93. The van der Waals surface area contributed by atoms with E-state index in [1.165, 1.54) is 0 Å². The van der Waals surface area contributed by atoms with Crippen molar-refractivity contribution in [1.82, 2.24) is 5.48 Å². The highest BCUT2D eigenvalue weighted by atomic mass is 16.7. The van der Waals surface area contributed by atoms with Gasteiger partial charge in [-0.2, -0.15) is 5.48 Å². The summed E-state index contributed by atoms with van der Waals surface area (Å²) in [6, 6.07) is 0. The molecular weight excluding hydrogens is 178 g/mol. The molecule has 0 aliphatic rings. The van der Waals surface area contributed by atoms with Crippen molar-refractivity contribution >= 4 is 12.1 Å². The van der Waals surface area contributed by atoms with E-state index in [-0.39, 0.29) is 0 Å². The lowest BCUT2D eigenvalue weighted by Crippen LogP contribution is -2.27. The van der Waals surface area contributed by atoms with Gasteiger partial charge in [-0.3, -0.25) is 4.84 Å². The van der Waals surface area contributed by atoms with Crippen LogP contribution >= 0.6 is 0 Å². The largest absolute Gasteiger partial charge is 0.479 e. The number of carbonyl (C=O) groups excluding carboxylic acids is 1. The minimum Gasteiger partial charge on any atom is -0.479 e. The van der Waals surface area contributed by atoms with Crippen molar-refractivity contribution in [3.8, 4) is 0 Å². The van der Waals surface area contributed by atoms with Crippen LogP contribution in [0.2, 0.25) is 0 Å². The van der Waals surface area contributed by atoms with Crippen molar-refractivity contribution in [1.29, 1.82) is 0 Å². The molecule has 0 unspecified atom stereocenters. The summed E-state index contributed by atoms with van der Waals surface area (Å²) in [6.45, 7) is 1.68. The number of carboxylic acids is 1. The third-order valence-electron chi connectivity index (χ3n) is 1.08. The number of hydrogen-bond donors (Lipinski definition) is 2. The number of unbranched alkanes of at least 4 members (excludes halogenated alkanes) is 1. The van der Waals surface area contributed by atoms with Crippen LogP contribution in [0.25, 0.3) is 0 Å². The second-order valence-corrected chi connectivity index (χ2v) is 2.27. The van der Waals surface area contributed by atoms with Gasteiger partial charge in [-0.15, -0.1) is 0 Å². The van der Waals surface area contributed by atoms with Crippen LogP contribution in [0.4, 0.5) is 4.79 Å². The Morgan fingerprint density at radius 1 is 1.46 bits per heavy atom. The van der Waals surface area contributed by atoms with Crippen molar-refractivity contribution in [3.05, 3.63) is 0 Å². The number of carboxylic acid groups (broad SMARTS) is 1. The molecule has 0 aliphatic carbocycles. The number of amides is 1. The Labute approximate surface area is 75.8 Å². The maximum atomic E-state index is 10.6. The number of ether oxygens (including phenoxy) is 1. The third kappa shape index (κ3) is 8.61. The van der Waals surface area contributed by atoms with Crippen LogP contribution in [0.1, 0.15) is 19.8 Å². The number of nitrogens with one attached hydrogen (secondary N) is 1. The van der Waals surface area contributed by atoms with E-state index in [2.05, 4.69) is 9.57 Å². The van der Waals surface area contributed by atoms with E-state index >= 15 is 0 Å².